The first kappa shape index (κ1) is 14.2. The lowest BCUT2D eigenvalue weighted by atomic mass is 10.1. The van der Waals surface area contributed by atoms with E-state index in [9.17, 15) is 14.9 Å². The van der Waals surface area contributed by atoms with Crippen LogP contribution in [-0.4, -0.2) is 43.3 Å². The molecule has 20 heavy (non-hydrogen) atoms. The Hall–Kier alpha value is -2.19. The number of ether oxygens (including phenoxy) is 2. The third kappa shape index (κ3) is 3.43. The zero-order valence-electron chi connectivity index (χ0n) is 10.7. The second-order valence-electron chi connectivity index (χ2n) is 4.31. The fourth-order valence-corrected chi connectivity index (χ4v) is 1.81. The molecule has 0 spiro atoms. The van der Waals surface area contributed by atoms with Gasteiger partial charge in [0.25, 0.3) is 11.6 Å². The first-order valence-corrected chi connectivity index (χ1v) is 6.09. The van der Waals surface area contributed by atoms with Crippen LogP contribution in [-0.2, 0) is 9.47 Å². The van der Waals surface area contributed by atoms with E-state index in [0.717, 1.165) is 6.07 Å². The van der Waals surface area contributed by atoms with Gasteiger partial charge in [-0.1, -0.05) is 0 Å². The number of nitrogen functional groups attached to an aromatic ring is 1. The highest BCUT2D eigenvalue weighted by Gasteiger charge is 2.18. The Bertz CT molecular complexity index is 514. The maximum atomic E-state index is 12.0. The van der Waals surface area contributed by atoms with Gasteiger partial charge in [0.05, 0.1) is 36.4 Å². The molecule has 0 bridgehead atoms. The molecule has 108 valence electrons. The third-order valence-electron chi connectivity index (χ3n) is 2.87. The summed E-state index contributed by atoms with van der Waals surface area (Å²) in [5.74, 6) is -0.472. The number of hydrogen-bond acceptors (Lipinski definition) is 6. The zero-order valence-corrected chi connectivity index (χ0v) is 10.7. The van der Waals surface area contributed by atoms with Gasteiger partial charge >= 0.3 is 0 Å². The van der Waals surface area contributed by atoms with Crippen molar-refractivity contribution in [3.63, 3.8) is 0 Å². The molecule has 1 aromatic rings. The summed E-state index contributed by atoms with van der Waals surface area (Å²) in [6.45, 7) is 1.70. The molecule has 1 heterocycles. The van der Waals surface area contributed by atoms with Gasteiger partial charge in [0, 0.05) is 24.4 Å². The average Bonchev–Trinajstić information content (AvgIpc) is 2.46. The summed E-state index contributed by atoms with van der Waals surface area (Å²) >= 11 is 0. The summed E-state index contributed by atoms with van der Waals surface area (Å²) in [4.78, 5) is 22.1. The van der Waals surface area contributed by atoms with Crippen molar-refractivity contribution in [1.29, 1.82) is 0 Å². The SMILES string of the molecule is Nc1ccc([N+](=O)[O-])cc1C(=O)NCC1COCCO1. The molecule has 1 unspecified atom stereocenters. The molecule has 1 aromatic carbocycles. The molecule has 8 heteroatoms. The third-order valence-corrected chi connectivity index (χ3v) is 2.87. The first-order valence-electron chi connectivity index (χ1n) is 6.09. The number of nitro benzene ring substituents is 1. The molecule has 3 N–H and O–H groups in total. The number of carbonyl (C=O) groups is 1. The number of hydrogen-bond donors (Lipinski definition) is 2. The summed E-state index contributed by atoms with van der Waals surface area (Å²) < 4.78 is 10.6. The molecule has 0 aliphatic carbocycles. The standard InChI is InChI=1S/C12H15N3O5/c13-11-2-1-8(15(17)18)5-10(11)12(16)14-6-9-7-19-3-4-20-9/h1-2,5,9H,3-4,6-7,13H2,(H,14,16). The van der Waals surface area contributed by atoms with Crippen LogP contribution in [0.3, 0.4) is 0 Å². The van der Waals surface area contributed by atoms with E-state index in [2.05, 4.69) is 5.32 Å². The largest absolute Gasteiger partial charge is 0.398 e. The predicted molar refractivity (Wildman–Crippen MR) is 70.4 cm³/mol. The molecular formula is C12H15N3O5. The minimum absolute atomic E-state index is 0.0796. The Kier molecular flexibility index (Phi) is 4.49. The number of amides is 1. The number of anilines is 1. The smallest absolute Gasteiger partial charge is 0.270 e. The lowest BCUT2D eigenvalue weighted by molar-refractivity contribution is -0.384. The number of nitrogens with zero attached hydrogens (tertiary/aromatic N) is 1. The molecule has 1 saturated heterocycles. The zero-order chi connectivity index (χ0) is 14.5. The van der Waals surface area contributed by atoms with Crippen molar-refractivity contribution in [3.05, 3.63) is 33.9 Å². The Morgan fingerprint density at radius 1 is 1.50 bits per heavy atom. The minimum atomic E-state index is -0.575. The summed E-state index contributed by atoms with van der Waals surface area (Å²) in [5, 5.41) is 13.3. The molecule has 0 radical (unpaired) electrons. The van der Waals surface area contributed by atoms with Crippen molar-refractivity contribution in [2.24, 2.45) is 0 Å². The predicted octanol–water partition coefficient (Wildman–Crippen LogP) is 0.322. The molecular weight excluding hydrogens is 266 g/mol. The Balaban J connectivity index is 2.00. The first-order chi connectivity index (χ1) is 9.58. The van der Waals surface area contributed by atoms with E-state index in [0.29, 0.717) is 19.8 Å². The lowest BCUT2D eigenvalue weighted by Crippen LogP contribution is -2.39. The van der Waals surface area contributed by atoms with E-state index >= 15 is 0 Å². The molecule has 0 saturated carbocycles. The highest BCUT2D eigenvalue weighted by Crippen LogP contribution is 2.19. The van der Waals surface area contributed by atoms with Gasteiger partial charge in [-0.2, -0.15) is 0 Å². The lowest BCUT2D eigenvalue weighted by Gasteiger charge is -2.23. The van der Waals surface area contributed by atoms with Gasteiger partial charge in [-0.3, -0.25) is 14.9 Å². The second-order valence-corrected chi connectivity index (χ2v) is 4.31. The van der Waals surface area contributed by atoms with Crippen molar-refractivity contribution < 1.29 is 19.2 Å². The molecule has 1 fully saturated rings. The number of benzene rings is 1. The number of rotatable bonds is 4. The number of carbonyl (C=O) groups excluding carboxylic acids is 1. The molecule has 0 aromatic heterocycles. The number of nitro groups is 1. The van der Waals surface area contributed by atoms with Crippen molar-refractivity contribution >= 4 is 17.3 Å². The molecule has 1 amide bonds. The molecule has 2 rings (SSSR count). The van der Waals surface area contributed by atoms with Crippen LogP contribution in [0.1, 0.15) is 10.4 Å². The summed E-state index contributed by atoms with van der Waals surface area (Å²) in [7, 11) is 0. The molecule has 1 atom stereocenters. The fourth-order valence-electron chi connectivity index (χ4n) is 1.81. The van der Waals surface area contributed by atoms with Crippen LogP contribution < -0.4 is 11.1 Å². The monoisotopic (exact) mass is 281 g/mol. The van der Waals surface area contributed by atoms with Crippen LogP contribution >= 0.6 is 0 Å². The number of nitrogens with one attached hydrogen (secondary N) is 1. The van der Waals surface area contributed by atoms with Crippen LogP contribution in [0.25, 0.3) is 0 Å². The quantitative estimate of drug-likeness (QED) is 0.466. The summed E-state index contributed by atoms with van der Waals surface area (Å²) in [6.07, 6.45) is -0.215. The topological polar surface area (TPSA) is 117 Å². The normalized spacial score (nSPS) is 18.5. The summed E-state index contributed by atoms with van der Waals surface area (Å²) in [5.41, 5.74) is 5.75. The van der Waals surface area contributed by atoms with Gasteiger partial charge < -0.3 is 20.5 Å². The number of nitrogens with two attached hydrogens (primary N) is 1. The van der Waals surface area contributed by atoms with Crippen LogP contribution in [0, 0.1) is 10.1 Å². The average molecular weight is 281 g/mol. The van der Waals surface area contributed by atoms with Gasteiger partial charge in [0.2, 0.25) is 0 Å². The number of non-ortho nitro benzene ring substituents is 1. The maximum absolute atomic E-state index is 12.0. The van der Waals surface area contributed by atoms with E-state index in [1.165, 1.54) is 12.1 Å². The van der Waals surface area contributed by atoms with Crippen LogP contribution in [0.15, 0.2) is 18.2 Å². The molecule has 1 aliphatic heterocycles. The van der Waals surface area contributed by atoms with Gasteiger partial charge in [-0.15, -0.1) is 0 Å². The highest BCUT2D eigenvalue weighted by atomic mass is 16.6. The van der Waals surface area contributed by atoms with Crippen LogP contribution in [0.2, 0.25) is 0 Å². The Morgan fingerprint density at radius 2 is 2.30 bits per heavy atom. The molecule has 1 aliphatic rings. The van der Waals surface area contributed by atoms with E-state index in [1.807, 2.05) is 0 Å². The van der Waals surface area contributed by atoms with Crippen molar-refractivity contribution in [1.82, 2.24) is 5.32 Å². The van der Waals surface area contributed by atoms with E-state index in [1.54, 1.807) is 0 Å². The Labute approximate surface area is 115 Å². The van der Waals surface area contributed by atoms with Crippen molar-refractivity contribution in [2.45, 2.75) is 6.10 Å². The van der Waals surface area contributed by atoms with Gasteiger partial charge in [0.15, 0.2) is 0 Å². The van der Waals surface area contributed by atoms with Gasteiger partial charge in [-0.25, -0.2) is 0 Å². The van der Waals surface area contributed by atoms with Crippen LogP contribution in [0.5, 0.6) is 0 Å². The van der Waals surface area contributed by atoms with E-state index in [-0.39, 0.29) is 29.6 Å². The second kappa shape index (κ2) is 6.31. The fraction of sp³-hybridized carbons (Fsp3) is 0.417. The van der Waals surface area contributed by atoms with Crippen LogP contribution in [0.4, 0.5) is 11.4 Å². The Morgan fingerprint density at radius 3 is 2.95 bits per heavy atom. The molecule has 8 nitrogen and oxygen atoms in total. The van der Waals surface area contributed by atoms with Crippen molar-refractivity contribution in [3.8, 4) is 0 Å². The van der Waals surface area contributed by atoms with E-state index < -0.39 is 10.8 Å². The highest BCUT2D eigenvalue weighted by molar-refractivity contribution is 5.99. The van der Waals surface area contributed by atoms with Gasteiger partial charge in [-0.05, 0) is 6.07 Å². The van der Waals surface area contributed by atoms with Gasteiger partial charge in [0.1, 0.15) is 0 Å². The minimum Gasteiger partial charge on any atom is -0.398 e. The van der Waals surface area contributed by atoms with E-state index in [4.69, 9.17) is 15.2 Å². The summed E-state index contributed by atoms with van der Waals surface area (Å²) in [6, 6.07) is 3.75. The maximum Gasteiger partial charge on any atom is 0.270 e. The van der Waals surface area contributed by atoms with Crippen molar-refractivity contribution in [2.75, 3.05) is 32.1 Å².